The molecule has 13 rings (SSSR count). The van der Waals surface area contributed by atoms with Crippen molar-refractivity contribution in [3.05, 3.63) is 133 Å². The third-order valence-corrected chi connectivity index (χ3v) is 11.6. The van der Waals surface area contributed by atoms with Crippen LogP contribution in [0.1, 0.15) is 0 Å². The van der Waals surface area contributed by atoms with Crippen molar-refractivity contribution in [2.24, 2.45) is 0 Å². The van der Waals surface area contributed by atoms with Crippen LogP contribution in [0.15, 0.2) is 133 Å². The molecule has 13 aromatic rings. The summed E-state index contributed by atoms with van der Waals surface area (Å²) in [6, 6.07) is 51.2. The maximum Gasteiger partial charge on any atom is -0.00139 e. The van der Waals surface area contributed by atoms with Gasteiger partial charge in [0, 0.05) is 0 Å². The summed E-state index contributed by atoms with van der Waals surface area (Å²) in [6.45, 7) is 0. The van der Waals surface area contributed by atoms with E-state index in [0.717, 1.165) is 0 Å². The summed E-state index contributed by atoms with van der Waals surface area (Å²) in [7, 11) is 0. The van der Waals surface area contributed by atoms with Gasteiger partial charge in [-0.3, -0.25) is 0 Å². The Morgan fingerprint density at radius 2 is 0.391 bits per heavy atom. The van der Waals surface area contributed by atoms with E-state index in [2.05, 4.69) is 133 Å². The molecule has 0 radical (unpaired) electrons. The first-order chi connectivity index (χ1) is 22.8. The van der Waals surface area contributed by atoms with Crippen LogP contribution in [0.5, 0.6) is 0 Å². The van der Waals surface area contributed by atoms with Gasteiger partial charge in [0.2, 0.25) is 0 Å². The molecule has 0 saturated heterocycles. The van der Waals surface area contributed by atoms with E-state index in [1.165, 1.54) is 129 Å². The molecule has 0 aromatic heterocycles. The second kappa shape index (κ2) is 7.28. The van der Waals surface area contributed by atoms with Crippen molar-refractivity contribution in [1.82, 2.24) is 0 Å². The molecular weight excluding hydrogens is 553 g/mol. The lowest BCUT2D eigenvalue weighted by Crippen LogP contribution is -1.86. The van der Waals surface area contributed by atoms with E-state index in [9.17, 15) is 0 Å². The second-order valence-electron chi connectivity index (χ2n) is 13.5. The molecule has 0 fully saturated rings. The van der Waals surface area contributed by atoms with Crippen LogP contribution in [-0.4, -0.2) is 0 Å². The Morgan fingerprint density at radius 3 is 0.652 bits per heavy atom. The molecule has 0 unspecified atom stereocenters. The fraction of sp³-hybridized carbons (Fsp3) is 0. The predicted molar refractivity (Wildman–Crippen MR) is 201 cm³/mol. The molecule has 0 heterocycles. The summed E-state index contributed by atoms with van der Waals surface area (Å²) < 4.78 is 0. The van der Waals surface area contributed by atoms with Crippen molar-refractivity contribution in [2.75, 3.05) is 0 Å². The lowest BCUT2D eigenvalue weighted by molar-refractivity contribution is 1.81. The Kier molecular flexibility index (Phi) is 3.56. The molecule has 13 aromatic carbocycles. The minimum atomic E-state index is 1.32. The third kappa shape index (κ3) is 2.32. The minimum absolute atomic E-state index is 1.32. The second-order valence-corrected chi connectivity index (χ2v) is 13.5. The van der Waals surface area contributed by atoms with Gasteiger partial charge in [-0.2, -0.15) is 0 Å². The van der Waals surface area contributed by atoms with Gasteiger partial charge in [0.1, 0.15) is 0 Å². The van der Waals surface area contributed by atoms with E-state index in [4.69, 9.17) is 0 Å². The molecule has 0 bridgehead atoms. The van der Waals surface area contributed by atoms with Gasteiger partial charge in [-0.05, 0) is 141 Å². The van der Waals surface area contributed by atoms with E-state index in [1.54, 1.807) is 0 Å². The highest BCUT2D eigenvalue weighted by Gasteiger charge is 2.22. The summed E-state index contributed by atoms with van der Waals surface area (Å²) in [6.07, 6.45) is 0. The maximum absolute atomic E-state index is 2.51. The van der Waals surface area contributed by atoms with Crippen LogP contribution in [0.3, 0.4) is 0 Å². The highest BCUT2D eigenvalue weighted by Crippen LogP contribution is 2.51. The Morgan fingerprint density at radius 1 is 0.174 bits per heavy atom. The summed E-state index contributed by atoms with van der Waals surface area (Å²) >= 11 is 0. The predicted octanol–water partition coefficient (Wildman–Crippen LogP) is 13.3. The molecule has 46 heavy (non-hydrogen) atoms. The van der Waals surface area contributed by atoms with Gasteiger partial charge in [0.05, 0.1) is 0 Å². The summed E-state index contributed by atoms with van der Waals surface area (Å²) in [5, 5.41) is 32.8. The number of hydrogen-bond acceptors (Lipinski definition) is 0. The van der Waals surface area contributed by atoms with E-state index >= 15 is 0 Å². The van der Waals surface area contributed by atoms with Crippen molar-refractivity contribution >= 4 is 129 Å². The molecular formula is C46H22. The SMILES string of the molecule is c1cc2cccc3c4ccc5c6cc7c(cc6c6ccc(c(c1)c23)c4c65)c1ccc2c3cccc4cccc(c5ccc7c1c25)c43. The summed E-state index contributed by atoms with van der Waals surface area (Å²) in [5.74, 6) is 0. The zero-order valence-electron chi connectivity index (χ0n) is 24.7. The zero-order valence-corrected chi connectivity index (χ0v) is 24.7. The lowest BCUT2D eigenvalue weighted by Gasteiger charge is -2.14. The summed E-state index contributed by atoms with van der Waals surface area (Å²) in [4.78, 5) is 0. The van der Waals surface area contributed by atoms with E-state index in [0.29, 0.717) is 0 Å². The van der Waals surface area contributed by atoms with Crippen LogP contribution in [0.2, 0.25) is 0 Å². The Labute approximate surface area is 262 Å². The topological polar surface area (TPSA) is 0 Å². The largest absolute Gasteiger partial charge is 0.0610 e. The molecule has 0 spiro atoms. The fourth-order valence-corrected chi connectivity index (χ4v) is 9.86. The van der Waals surface area contributed by atoms with Gasteiger partial charge in [-0.15, -0.1) is 0 Å². The molecule has 0 aliphatic heterocycles. The number of rotatable bonds is 0. The average molecular weight is 575 g/mol. The van der Waals surface area contributed by atoms with Crippen LogP contribution < -0.4 is 0 Å². The first-order valence-electron chi connectivity index (χ1n) is 16.3. The number of fused-ring (bicyclic) bond motifs is 10. The third-order valence-electron chi connectivity index (χ3n) is 11.6. The quantitative estimate of drug-likeness (QED) is 0.125. The van der Waals surface area contributed by atoms with Gasteiger partial charge in [0.15, 0.2) is 0 Å². The van der Waals surface area contributed by atoms with Crippen molar-refractivity contribution in [1.29, 1.82) is 0 Å². The highest BCUT2D eigenvalue weighted by atomic mass is 14.2. The monoisotopic (exact) mass is 574 g/mol. The maximum atomic E-state index is 2.51. The van der Waals surface area contributed by atoms with E-state index in [1.807, 2.05) is 0 Å². The van der Waals surface area contributed by atoms with Crippen LogP contribution in [0, 0.1) is 0 Å². The van der Waals surface area contributed by atoms with Crippen molar-refractivity contribution in [3.63, 3.8) is 0 Å². The van der Waals surface area contributed by atoms with Gasteiger partial charge in [-0.1, -0.05) is 121 Å². The standard InChI is InChI=1S/C46H22/c1-5-23-6-2-10-26-30-14-18-34-38-22-40-36-20-16-32-28-12-4-8-24-7-3-11-27(42(24)28)31-15-19-35(46(36)44(31)32)39(40)21-37(38)33-17-13-29(43(30)45(33)34)25(9-1)41(23)26/h1-22H. The Bertz CT molecular complexity index is 3010. The first kappa shape index (κ1) is 22.5. The summed E-state index contributed by atoms with van der Waals surface area (Å²) in [5.41, 5.74) is 0. The minimum Gasteiger partial charge on any atom is -0.0610 e. The molecule has 0 nitrogen and oxygen atoms in total. The van der Waals surface area contributed by atoms with Crippen LogP contribution in [0.25, 0.3) is 129 Å². The van der Waals surface area contributed by atoms with Crippen LogP contribution >= 0.6 is 0 Å². The van der Waals surface area contributed by atoms with Crippen molar-refractivity contribution in [3.8, 4) is 0 Å². The number of hydrogen-bond donors (Lipinski definition) is 0. The van der Waals surface area contributed by atoms with Gasteiger partial charge in [0.25, 0.3) is 0 Å². The molecule has 0 aliphatic carbocycles. The molecule has 0 atom stereocenters. The smallest absolute Gasteiger partial charge is 0.00139 e. The Hall–Kier alpha value is -5.98. The molecule has 0 heteroatoms. The average Bonchev–Trinajstić information content (AvgIpc) is 3.60. The van der Waals surface area contributed by atoms with E-state index < -0.39 is 0 Å². The number of benzene rings is 11. The molecule has 0 N–H and O–H groups in total. The van der Waals surface area contributed by atoms with Gasteiger partial charge < -0.3 is 0 Å². The van der Waals surface area contributed by atoms with Crippen LogP contribution in [0.4, 0.5) is 0 Å². The molecule has 206 valence electrons. The van der Waals surface area contributed by atoms with Crippen LogP contribution in [-0.2, 0) is 0 Å². The van der Waals surface area contributed by atoms with Gasteiger partial charge in [-0.25, -0.2) is 0 Å². The fourth-order valence-electron chi connectivity index (χ4n) is 9.86. The molecule has 0 saturated carbocycles. The first-order valence-corrected chi connectivity index (χ1v) is 16.3. The van der Waals surface area contributed by atoms with Crippen molar-refractivity contribution < 1.29 is 0 Å². The molecule has 0 aliphatic rings. The Balaban J connectivity index is 1.23. The normalized spacial score (nSPS) is 13.2. The lowest BCUT2D eigenvalue weighted by atomic mass is 9.88. The molecule has 0 amide bonds. The van der Waals surface area contributed by atoms with E-state index in [-0.39, 0.29) is 0 Å². The van der Waals surface area contributed by atoms with Crippen molar-refractivity contribution in [2.45, 2.75) is 0 Å². The zero-order chi connectivity index (χ0) is 29.4. The highest BCUT2D eigenvalue weighted by molar-refractivity contribution is 6.46. The van der Waals surface area contributed by atoms with Gasteiger partial charge >= 0.3 is 0 Å².